The van der Waals surface area contributed by atoms with Crippen molar-refractivity contribution >= 4 is 27.3 Å². The van der Waals surface area contributed by atoms with Crippen LogP contribution in [0.4, 0.5) is 0 Å². The molecule has 90 valence electrons. The van der Waals surface area contributed by atoms with E-state index >= 15 is 0 Å². The van der Waals surface area contributed by atoms with Gasteiger partial charge in [0.05, 0.1) is 0 Å². The van der Waals surface area contributed by atoms with Crippen molar-refractivity contribution in [2.75, 3.05) is 39.4 Å². The normalized spacial score (nSPS) is 17.8. The summed E-state index contributed by atoms with van der Waals surface area (Å²) in [5.41, 5.74) is 0. The number of hydrogen-bond donors (Lipinski definition) is 2. The second-order valence-electron chi connectivity index (χ2n) is 4.01. The fourth-order valence-corrected chi connectivity index (χ4v) is 3.26. The SMILES string of the molecule is Brc1csc(CCNCN2CCNCC2)c1. The molecule has 0 saturated carbocycles. The van der Waals surface area contributed by atoms with E-state index in [1.165, 1.54) is 9.35 Å². The van der Waals surface area contributed by atoms with E-state index in [2.05, 4.69) is 42.9 Å². The quantitative estimate of drug-likeness (QED) is 0.808. The predicted octanol–water partition coefficient (Wildman–Crippen LogP) is 1.51. The number of hydrogen-bond acceptors (Lipinski definition) is 4. The molecule has 1 aromatic heterocycles. The molecule has 2 rings (SSSR count). The van der Waals surface area contributed by atoms with Gasteiger partial charge >= 0.3 is 0 Å². The van der Waals surface area contributed by atoms with Crippen molar-refractivity contribution in [2.45, 2.75) is 6.42 Å². The van der Waals surface area contributed by atoms with Crippen molar-refractivity contribution in [3.05, 3.63) is 20.8 Å². The van der Waals surface area contributed by atoms with Crippen LogP contribution in [-0.4, -0.2) is 44.3 Å². The highest BCUT2D eigenvalue weighted by Gasteiger charge is 2.07. The van der Waals surface area contributed by atoms with Crippen LogP contribution in [0.15, 0.2) is 15.9 Å². The smallest absolute Gasteiger partial charge is 0.0481 e. The first-order valence-electron chi connectivity index (χ1n) is 5.71. The van der Waals surface area contributed by atoms with Crippen molar-refractivity contribution in [1.29, 1.82) is 0 Å². The molecule has 0 spiro atoms. The summed E-state index contributed by atoms with van der Waals surface area (Å²) in [4.78, 5) is 3.90. The molecule has 0 unspecified atom stereocenters. The minimum Gasteiger partial charge on any atom is -0.314 e. The predicted molar refractivity (Wildman–Crippen MR) is 73.0 cm³/mol. The molecule has 0 bridgehead atoms. The molecule has 1 aliphatic rings. The van der Waals surface area contributed by atoms with Crippen molar-refractivity contribution in [3.63, 3.8) is 0 Å². The van der Waals surface area contributed by atoms with Gasteiger partial charge in [-0.15, -0.1) is 11.3 Å². The Kier molecular flexibility index (Phi) is 5.25. The zero-order chi connectivity index (χ0) is 11.2. The Morgan fingerprint density at radius 2 is 2.25 bits per heavy atom. The first-order chi connectivity index (χ1) is 7.84. The lowest BCUT2D eigenvalue weighted by Crippen LogP contribution is -2.47. The average molecular weight is 304 g/mol. The van der Waals surface area contributed by atoms with Gasteiger partial charge in [-0.3, -0.25) is 4.90 Å². The first-order valence-corrected chi connectivity index (χ1v) is 7.38. The first kappa shape index (κ1) is 12.5. The second-order valence-corrected chi connectivity index (χ2v) is 5.92. The van der Waals surface area contributed by atoms with Gasteiger partial charge in [-0.2, -0.15) is 0 Å². The number of piperazine rings is 1. The minimum absolute atomic E-state index is 1.02. The number of halogens is 1. The van der Waals surface area contributed by atoms with Crippen LogP contribution in [0.5, 0.6) is 0 Å². The summed E-state index contributed by atoms with van der Waals surface area (Å²) in [6, 6.07) is 2.21. The highest BCUT2D eigenvalue weighted by atomic mass is 79.9. The van der Waals surface area contributed by atoms with Crippen molar-refractivity contribution in [1.82, 2.24) is 15.5 Å². The van der Waals surface area contributed by atoms with Gasteiger partial charge in [0.25, 0.3) is 0 Å². The lowest BCUT2D eigenvalue weighted by molar-refractivity contribution is 0.224. The Morgan fingerprint density at radius 3 is 2.94 bits per heavy atom. The molecular weight excluding hydrogens is 286 g/mol. The maximum absolute atomic E-state index is 3.50. The topological polar surface area (TPSA) is 27.3 Å². The van der Waals surface area contributed by atoms with E-state index in [0.717, 1.165) is 45.8 Å². The third-order valence-electron chi connectivity index (χ3n) is 2.71. The maximum Gasteiger partial charge on any atom is 0.0481 e. The third-order valence-corrected chi connectivity index (χ3v) is 4.47. The highest BCUT2D eigenvalue weighted by Crippen LogP contribution is 2.19. The number of nitrogens with zero attached hydrogens (tertiary/aromatic N) is 1. The molecule has 1 saturated heterocycles. The Labute approximate surface area is 109 Å². The molecule has 2 heterocycles. The second kappa shape index (κ2) is 6.71. The van der Waals surface area contributed by atoms with Gasteiger partial charge < -0.3 is 10.6 Å². The van der Waals surface area contributed by atoms with Gasteiger partial charge in [-0.05, 0) is 28.4 Å². The molecule has 5 heteroatoms. The van der Waals surface area contributed by atoms with E-state index in [4.69, 9.17) is 0 Å². The molecule has 3 nitrogen and oxygen atoms in total. The Bertz CT molecular complexity index is 310. The van der Waals surface area contributed by atoms with Gasteiger partial charge in [0, 0.05) is 54.1 Å². The number of nitrogens with one attached hydrogen (secondary N) is 2. The monoisotopic (exact) mass is 303 g/mol. The van der Waals surface area contributed by atoms with E-state index in [0.29, 0.717) is 0 Å². The summed E-state index contributed by atoms with van der Waals surface area (Å²) >= 11 is 5.30. The molecule has 0 amide bonds. The Hall–Kier alpha value is 0.0600. The summed E-state index contributed by atoms with van der Waals surface area (Å²) in [7, 11) is 0. The molecule has 16 heavy (non-hydrogen) atoms. The Balaban J connectivity index is 1.57. The minimum atomic E-state index is 1.02. The van der Waals surface area contributed by atoms with Crippen molar-refractivity contribution in [2.24, 2.45) is 0 Å². The summed E-state index contributed by atoms with van der Waals surface area (Å²) in [6.45, 7) is 6.67. The summed E-state index contributed by atoms with van der Waals surface area (Å²) in [6.07, 6.45) is 1.13. The van der Waals surface area contributed by atoms with Crippen LogP contribution < -0.4 is 10.6 Å². The van der Waals surface area contributed by atoms with E-state index in [9.17, 15) is 0 Å². The summed E-state index contributed by atoms with van der Waals surface area (Å²) in [5, 5.41) is 9.01. The standard InChI is InChI=1S/C11H18BrN3S/c12-10-7-11(16-8-10)1-2-14-9-15-5-3-13-4-6-15/h7-8,13-14H,1-6,9H2. The zero-order valence-corrected chi connectivity index (χ0v) is 11.7. The summed E-state index contributed by atoms with van der Waals surface area (Å²) < 4.78 is 1.20. The number of rotatable bonds is 5. The Morgan fingerprint density at radius 1 is 1.44 bits per heavy atom. The van der Waals surface area contributed by atoms with Gasteiger partial charge in [-0.1, -0.05) is 0 Å². The summed E-state index contributed by atoms with van der Waals surface area (Å²) in [5.74, 6) is 0. The van der Waals surface area contributed by atoms with Crippen LogP contribution in [0.1, 0.15) is 4.88 Å². The molecule has 0 atom stereocenters. The van der Waals surface area contributed by atoms with Crippen molar-refractivity contribution < 1.29 is 0 Å². The van der Waals surface area contributed by atoms with Crippen LogP contribution in [-0.2, 0) is 6.42 Å². The molecule has 0 aliphatic carbocycles. The molecule has 1 fully saturated rings. The lowest BCUT2D eigenvalue weighted by Gasteiger charge is -2.27. The van der Waals surface area contributed by atoms with Crippen LogP contribution in [0.3, 0.4) is 0 Å². The fraction of sp³-hybridized carbons (Fsp3) is 0.636. The van der Waals surface area contributed by atoms with Gasteiger partial charge in [0.15, 0.2) is 0 Å². The van der Waals surface area contributed by atoms with E-state index in [1.54, 1.807) is 0 Å². The van der Waals surface area contributed by atoms with Gasteiger partial charge in [0.1, 0.15) is 0 Å². The fourth-order valence-electron chi connectivity index (χ4n) is 1.80. The lowest BCUT2D eigenvalue weighted by atomic mass is 10.3. The zero-order valence-electron chi connectivity index (χ0n) is 9.34. The molecular formula is C11H18BrN3S. The van der Waals surface area contributed by atoms with Crippen LogP contribution in [0.25, 0.3) is 0 Å². The van der Waals surface area contributed by atoms with Crippen LogP contribution in [0, 0.1) is 0 Å². The number of thiophene rings is 1. The van der Waals surface area contributed by atoms with Gasteiger partial charge in [-0.25, -0.2) is 0 Å². The van der Waals surface area contributed by atoms with Crippen molar-refractivity contribution in [3.8, 4) is 0 Å². The molecule has 2 N–H and O–H groups in total. The van der Waals surface area contributed by atoms with E-state index in [1.807, 2.05) is 11.3 Å². The van der Waals surface area contributed by atoms with Gasteiger partial charge in [0.2, 0.25) is 0 Å². The van der Waals surface area contributed by atoms with E-state index in [-0.39, 0.29) is 0 Å². The molecule has 1 aliphatic heterocycles. The maximum atomic E-state index is 3.50. The highest BCUT2D eigenvalue weighted by molar-refractivity contribution is 9.10. The average Bonchev–Trinajstić information content (AvgIpc) is 2.72. The van der Waals surface area contributed by atoms with Crippen LogP contribution >= 0.6 is 27.3 Å². The molecule has 1 aromatic rings. The largest absolute Gasteiger partial charge is 0.314 e. The van der Waals surface area contributed by atoms with E-state index < -0.39 is 0 Å². The third kappa shape index (κ3) is 4.14. The van der Waals surface area contributed by atoms with Crippen LogP contribution in [0.2, 0.25) is 0 Å². The molecule has 0 radical (unpaired) electrons. The molecule has 0 aromatic carbocycles.